The Kier molecular flexibility index (Phi) is 6.39. The Bertz CT molecular complexity index is 846. The van der Waals surface area contributed by atoms with E-state index < -0.39 is 16.6 Å². The monoisotopic (exact) mass is 379 g/mol. The van der Waals surface area contributed by atoms with Crippen LogP contribution in [0.2, 0.25) is 0 Å². The maximum Gasteiger partial charge on any atom is 0.271 e. The van der Waals surface area contributed by atoms with Crippen molar-refractivity contribution in [3.8, 4) is 11.5 Å². The number of carbonyl (C=O) groups excluding carboxylic acids is 1. The Morgan fingerprint density at radius 3 is 2.62 bits per heavy atom. The molecular formula is C16H14FN3O5S. The standard InChI is InChI=1S/C16H14FN3O5S/c1-24-13-4-2-3-5-14(13)25-9-15(21)19-16(26)18-12-8-10(20(22)23)6-7-11(12)17/h2-8H,9H2,1H3,(H2,18,19,21,26). The zero-order chi connectivity index (χ0) is 19.1. The Labute approximate surface area is 153 Å². The number of nitro groups is 1. The number of hydrogen-bond donors (Lipinski definition) is 2. The van der Waals surface area contributed by atoms with Crippen LogP contribution < -0.4 is 20.1 Å². The smallest absolute Gasteiger partial charge is 0.271 e. The zero-order valence-corrected chi connectivity index (χ0v) is 14.3. The van der Waals surface area contributed by atoms with Crippen LogP contribution in [0.15, 0.2) is 42.5 Å². The van der Waals surface area contributed by atoms with Crippen molar-refractivity contribution in [3.05, 3.63) is 58.4 Å². The lowest BCUT2D eigenvalue weighted by molar-refractivity contribution is -0.384. The fraction of sp³-hybridized carbons (Fsp3) is 0.125. The van der Waals surface area contributed by atoms with Gasteiger partial charge < -0.3 is 14.8 Å². The Morgan fingerprint density at radius 2 is 1.96 bits per heavy atom. The number of rotatable bonds is 6. The number of para-hydroxylation sites is 2. The van der Waals surface area contributed by atoms with Gasteiger partial charge in [0.15, 0.2) is 23.2 Å². The summed E-state index contributed by atoms with van der Waals surface area (Å²) in [6.07, 6.45) is 0. The molecule has 0 fully saturated rings. The molecule has 0 radical (unpaired) electrons. The van der Waals surface area contributed by atoms with Crippen molar-refractivity contribution in [2.75, 3.05) is 19.0 Å². The number of thiocarbonyl (C=S) groups is 1. The van der Waals surface area contributed by atoms with E-state index in [9.17, 15) is 19.3 Å². The van der Waals surface area contributed by atoms with Gasteiger partial charge in [0.25, 0.3) is 11.6 Å². The van der Waals surface area contributed by atoms with Gasteiger partial charge >= 0.3 is 0 Å². The second kappa shape index (κ2) is 8.72. The zero-order valence-electron chi connectivity index (χ0n) is 13.5. The molecule has 8 nitrogen and oxygen atoms in total. The first-order valence-electron chi connectivity index (χ1n) is 7.21. The Hall–Kier alpha value is -3.27. The minimum atomic E-state index is -0.752. The molecule has 0 unspecified atom stereocenters. The molecule has 2 aromatic rings. The number of carbonyl (C=O) groups is 1. The fourth-order valence-electron chi connectivity index (χ4n) is 1.92. The molecule has 2 rings (SSSR count). The molecule has 0 saturated carbocycles. The number of nitro benzene ring substituents is 1. The number of ether oxygens (including phenoxy) is 2. The molecule has 0 aliphatic rings. The van der Waals surface area contributed by atoms with E-state index in [1.807, 2.05) is 0 Å². The molecule has 1 amide bonds. The van der Waals surface area contributed by atoms with E-state index >= 15 is 0 Å². The quantitative estimate of drug-likeness (QED) is 0.452. The molecule has 10 heteroatoms. The highest BCUT2D eigenvalue weighted by atomic mass is 32.1. The largest absolute Gasteiger partial charge is 0.493 e. The molecule has 26 heavy (non-hydrogen) atoms. The summed E-state index contributed by atoms with van der Waals surface area (Å²) in [4.78, 5) is 21.9. The number of nitrogens with one attached hydrogen (secondary N) is 2. The first kappa shape index (κ1) is 19.1. The summed E-state index contributed by atoms with van der Waals surface area (Å²) in [6, 6.07) is 9.68. The number of methoxy groups -OCH3 is 1. The maximum absolute atomic E-state index is 13.7. The second-order valence-electron chi connectivity index (χ2n) is 4.86. The molecule has 0 saturated heterocycles. The van der Waals surface area contributed by atoms with Crippen molar-refractivity contribution in [3.63, 3.8) is 0 Å². The van der Waals surface area contributed by atoms with Gasteiger partial charge in [-0.3, -0.25) is 20.2 Å². The van der Waals surface area contributed by atoms with Crippen molar-refractivity contribution in [1.29, 1.82) is 0 Å². The first-order chi connectivity index (χ1) is 12.4. The van der Waals surface area contributed by atoms with Crippen LogP contribution in [0.4, 0.5) is 15.8 Å². The third kappa shape index (κ3) is 5.11. The van der Waals surface area contributed by atoms with Gasteiger partial charge in [0.1, 0.15) is 5.82 Å². The number of nitrogens with zero attached hydrogens (tertiary/aromatic N) is 1. The number of hydrogen-bond acceptors (Lipinski definition) is 6. The van der Waals surface area contributed by atoms with E-state index in [1.54, 1.807) is 24.3 Å². The van der Waals surface area contributed by atoms with Gasteiger partial charge in [-0.1, -0.05) is 12.1 Å². The lowest BCUT2D eigenvalue weighted by Crippen LogP contribution is -2.37. The number of amides is 1. The van der Waals surface area contributed by atoms with Gasteiger partial charge in [-0.25, -0.2) is 4.39 Å². The highest BCUT2D eigenvalue weighted by Gasteiger charge is 2.13. The summed E-state index contributed by atoms with van der Waals surface area (Å²) in [5.41, 5.74) is -0.544. The average Bonchev–Trinajstić information content (AvgIpc) is 2.61. The summed E-state index contributed by atoms with van der Waals surface area (Å²) >= 11 is 4.90. The van der Waals surface area contributed by atoms with Crippen molar-refractivity contribution in [2.24, 2.45) is 0 Å². The van der Waals surface area contributed by atoms with Crippen molar-refractivity contribution in [2.45, 2.75) is 0 Å². The summed E-state index contributed by atoms with van der Waals surface area (Å²) in [5, 5.41) is 15.2. The van der Waals surface area contributed by atoms with Crippen molar-refractivity contribution < 1.29 is 23.6 Å². The maximum atomic E-state index is 13.7. The summed E-state index contributed by atoms with van der Waals surface area (Å²) in [7, 11) is 1.47. The van der Waals surface area contributed by atoms with Gasteiger partial charge in [0.05, 0.1) is 17.7 Å². The van der Waals surface area contributed by atoms with Crippen molar-refractivity contribution in [1.82, 2.24) is 5.32 Å². The fourth-order valence-corrected chi connectivity index (χ4v) is 2.14. The normalized spacial score (nSPS) is 9.92. The highest BCUT2D eigenvalue weighted by molar-refractivity contribution is 7.80. The predicted molar refractivity (Wildman–Crippen MR) is 95.9 cm³/mol. The van der Waals surface area contributed by atoms with Crippen LogP contribution >= 0.6 is 12.2 Å². The minimum absolute atomic E-state index is 0.224. The SMILES string of the molecule is COc1ccccc1OCC(=O)NC(=S)Nc1cc([N+](=O)[O-])ccc1F. The third-order valence-electron chi connectivity index (χ3n) is 3.09. The van der Waals surface area contributed by atoms with Gasteiger partial charge in [-0.15, -0.1) is 0 Å². The molecule has 0 aliphatic carbocycles. The molecule has 0 bridgehead atoms. The molecule has 136 valence electrons. The summed E-state index contributed by atoms with van der Waals surface area (Å²) in [6.45, 7) is -0.361. The van der Waals surface area contributed by atoms with Crippen molar-refractivity contribution >= 4 is 34.6 Å². The van der Waals surface area contributed by atoms with Gasteiger partial charge in [-0.2, -0.15) is 0 Å². The van der Waals surface area contributed by atoms with Crippen LogP contribution in [0.1, 0.15) is 0 Å². The lowest BCUT2D eigenvalue weighted by atomic mass is 10.2. The number of benzene rings is 2. The van der Waals surface area contributed by atoms with Crippen LogP contribution in [0, 0.1) is 15.9 Å². The first-order valence-corrected chi connectivity index (χ1v) is 7.62. The Morgan fingerprint density at radius 1 is 1.27 bits per heavy atom. The number of halogens is 1. The van der Waals surface area contributed by atoms with E-state index in [1.165, 1.54) is 7.11 Å². The van der Waals surface area contributed by atoms with E-state index in [4.69, 9.17) is 21.7 Å². The molecule has 0 heterocycles. The van der Waals surface area contributed by atoms with Crippen LogP contribution in [0.5, 0.6) is 11.5 Å². The van der Waals surface area contributed by atoms with Gasteiger partial charge in [-0.05, 0) is 30.4 Å². The predicted octanol–water partition coefficient (Wildman–Crippen LogP) is 2.63. The van der Waals surface area contributed by atoms with Crippen LogP contribution in [-0.2, 0) is 4.79 Å². The van der Waals surface area contributed by atoms with Crippen LogP contribution in [0.3, 0.4) is 0 Å². The molecule has 0 atom stereocenters. The second-order valence-corrected chi connectivity index (χ2v) is 5.27. The van der Waals surface area contributed by atoms with Crippen LogP contribution in [-0.4, -0.2) is 29.7 Å². The molecule has 0 spiro atoms. The molecule has 0 aromatic heterocycles. The van der Waals surface area contributed by atoms with Crippen LogP contribution in [0.25, 0.3) is 0 Å². The molecule has 0 aliphatic heterocycles. The molecule has 2 N–H and O–H groups in total. The van der Waals surface area contributed by atoms with E-state index in [-0.39, 0.29) is 23.1 Å². The lowest BCUT2D eigenvalue weighted by Gasteiger charge is -2.12. The average molecular weight is 379 g/mol. The minimum Gasteiger partial charge on any atom is -0.493 e. The Balaban J connectivity index is 1.92. The third-order valence-corrected chi connectivity index (χ3v) is 3.29. The van der Waals surface area contributed by atoms with E-state index in [0.29, 0.717) is 11.5 Å². The highest BCUT2D eigenvalue weighted by Crippen LogP contribution is 2.25. The number of non-ortho nitro benzene ring substituents is 1. The van der Waals surface area contributed by atoms with E-state index in [2.05, 4.69) is 10.6 Å². The van der Waals surface area contributed by atoms with E-state index in [0.717, 1.165) is 18.2 Å². The number of anilines is 1. The van der Waals surface area contributed by atoms with Gasteiger partial charge in [0, 0.05) is 12.1 Å². The topological polar surface area (TPSA) is 103 Å². The molecular weight excluding hydrogens is 365 g/mol. The van der Waals surface area contributed by atoms with Gasteiger partial charge in [0.2, 0.25) is 0 Å². The summed E-state index contributed by atoms with van der Waals surface area (Å²) in [5.74, 6) is -0.523. The summed E-state index contributed by atoms with van der Waals surface area (Å²) < 4.78 is 24.1. The molecule has 2 aromatic carbocycles.